The van der Waals surface area contributed by atoms with Gasteiger partial charge in [0.15, 0.2) is 0 Å². The van der Waals surface area contributed by atoms with Crippen molar-refractivity contribution >= 4 is 28.4 Å². The van der Waals surface area contributed by atoms with Crippen LogP contribution in [0.15, 0.2) is 24.3 Å². The number of hydrogen-bond acceptors (Lipinski definition) is 2. The molecule has 0 bridgehead atoms. The molecule has 0 fully saturated rings. The lowest BCUT2D eigenvalue weighted by Crippen LogP contribution is -1.99. The molecule has 1 rings (SSSR count). The van der Waals surface area contributed by atoms with E-state index in [9.17, 15) is 4.79 Å². The molecule has 0 atom stereocenters. The van der Waals surface area contributed by atoms with Crippen LogP contribution in [0.4, 0.5) is 0 Å². The molecule has 0 saturated carbocycles. The van der Waals surface area contributed by atoms with Gasteiger partial charge < -0.3 is 4.90 Å². The number of hydrogen-bond donors (Lipinski definition) is 0. The molecular formula is C11H15Cl2NO. The van der Waals surface area contributed by atoms with Gasteiger partial charge in [0.25, 0.3) is 5.24 Å². The molecule has 4 heteroatoms. The number of alkyl halides is 1. The highest BCUT2D eigenvalue weighted by Crippen LogP contribution is 2.08. The highest BCUT2D eigenvalue weighted by atomic mass is 35.5. The van der Waals surface area contributed by atoms with E-state index in [2.05, 4.69) is 0 Å². The SMILES string of the molecule is CN(C)C.O=C(Cl)c1ccc(CCl)cc1. The second kappa shape index (κ2) is 7.69. The largest absolute Gasteiger partial charge is 0.312 e. The lowest BCUT2D eigenvalue weighted by Gasteiger charge is -1.95. The molecule has 0 aliphatic heterocycles. The fraction of sp³-hybridized carbons (Fsp3) is 0.364. The maximum absolute atomic E-state index is 10.6. The van der Waals surface area contributed by atoms with E-state index < -0.39 is 5.24 Å². The lowest BCUT2D eigenvalue weighted by atomic mass is 10.2. The zero-order valence-corrected chi connectivity index (χ0v) is 10.6. The van der Waals surface area contributed by atoms with Gasteiger partial charge in [-0.3, -0.25) is 4.79 Å². The Hall–Kier alpha value is -0.570. The van der Waals surface area contributed by atoms with Gasteiger partial charge in [0.2, 0.25) is 0 Å². The van der Waals surface area contributed by atoms with Crippen LogP contribution < -0.4 is 0 Å². The smallest absolute Gasteiger partial charge is 0.252 e. The second-order valence-corrected chi connectivity index (χ2v) is 4.06. The fourth-order valence-corrected chi connectivity index (χ4v) is 1.03. The Morgan fingerprint density at radius 3 is 1.87 bits per heavy atom. The molecule has 15 heavy (non-hydrogen) atoms. The first kappa shape index (κ1) is 14.4. The van der Waals surface area contributed by atoms with E-state index >= 15 is 0 Å². The van der Waals surface area contributed by atoms with Gasteiger partial charge in [0.05, 0.1) is 0 Å². The van der Waals surface area contributed by atoms with Gasteiger partial charge in [0, 0.05) is 11.4 Å². The van der Waals surface area contributed by atoms with Crippen molar-refractivity contribution in [3.63, 3.8) is 0 Å². The standard InChI is InChI=1S/C8H6Cl2O.C3H9N/c9-5-6-1-3-7(4-2-6)8(10)11;1-4(2)3/h1-4H,5H2;1-3H3. The normalized spacial score (nSPS) is 9.47. The summed E-state index contributed by atoms with van der Waals surface area (Å²) in [6.07, 6.45) is 0. The van der Waals surface area contributed by atoms with Crippen molar-refractivity contribution in [2.45, 2.75) is 5.88 Å². The number of carbonyl (C=O) groups excluding carboxylic acids is 1. The monoisotopic (exact) mass is 247 g/mol. The van der Waals surface area contributed by atoms with Crippen molar-refractivity contribution in [2.24, 2.45) is 0 Å². The molecule has 0 unspecified atom stereocenters. The number of benzene rings is 1. The summed E-state index contributed by atoms with van der Waals surface area (Å²) in [4.78, 5) is 12.6. The minimum absolute atomic E-state index is 0.439. The van der Waals surface area contributed by atoms with E-state index in [4.69, 9.17) is 23.2 Å². The van der Waals surface area contributed by atoms with Gasteiger partial charge in [-0.05, 0) is 50.4 Å². The number of nitrogens with zero attached hydrogens (tertiary/aromatic N) is 1. The van der Waals surface area contributed by atoms with Crippen molar-refractivity contribution in [2.75, 3.05) is 21.1 Å². The average Bonchev–Trinajstić information content (AvgIpc) is 2.17. The molecule has 1 aromatic rings. The summed E-state index contributed by atoms with van der Waals surface area (Å²) in [5.74, 6) is 0.455. The van der Waals surface area contributed by atoms with Gasteiger partial charge in [-0.15, -0.1) is 11.6 Å². The van der Waals surface area contributed by atoms with E-state index in [1.807, 2.05) is 26.0 Å². The molecule has 0 spiro atoms. The Kier molecular flexibility index (Phi) is 7.39. The predicted molar refractivity (Wildman–Crippen MR) is 65.8 cm³/mol. The van der Waals surface area contributed by atoms with E-state index in [-0.39, 0.29) is 0 Å². The van der Waals surface area contributed by atoms with Crippen LogP contribution >= 0.6 is 23.2 Å². The number of rotatable bonds is 2. The summed E-state index contributed by atoms with van der Waals surface area (Å²) in [6.45, 7) is 0. The molecule has 0 radical (unpaired) electrons. The zero-order valence-electron chi connectivity index (χ0n) is 9.13. The molecule has 0 amide bonds. The van der Waals surface area contributed by atoms with Gasteiger partial charge in [-0.25, -0.2) is 0 Å². The third kappa shape index (κ3) is 7.37. The Bertz CT molecular complexity index is 293. The Morgan fingerprint density at radius 2 is 1.60 bits per heavy atom. The Morgan fingerprint density at radius 1 is 1.20 bits per heavy atom. The summed E-state index contributed by atoms with van der Waals surface area (Å²) in [5, 5.41) is -0.439. The topological polar surface area (TPSA) is 20.3 Å². The summed E-state index contributed by atoms with van der Waals surface area (Å²) in [5.41, 5.74) is 1.48. The quantitative estimate of drug-likeness (QED) is 0.592. The van der Waals surface area contributed by atoms with Crippen molar-refractivity contribution in [1.82, 2.24) is 4.90 Å². The van der Waals surface area contributed by atoms with E-state index in [1.165, 1.54) is 0 Å². The maximum Gasteiger partial charge on any atom is 0.252 e. The Balaban J connectivity index is 0.000000423. The summed E-state index contributed by atoms with van der Waals surface area (Å²) in [7, 11) is 6.00. The molecule has 0 saturated heterocycles. The molecule has 0 N–H and O–H groups in total. The van der Waals surface area contributed by atoms with Crippen LogP contribution in [0.3, 0.4) is 0 Å². The van der Waals surface area contributed by atoms with Crippen LogP contribution in [0.5, 0.6) is 0 Å². The molecule has 0 aliphatic carbocycles. The molecule has 84 valence electrons. The predicted octanol–water partition coefficient (Wildman–Crippen LogP) is 2.98. The lowest BCUT2D eigenvalue weighted by molar-refractivity contribution is 0.108. The first-order chi connectivity index (χ1) is 6.97. The highest BCUT2D eigenvalue weighted by Gasteiger charge is 1.99. The molecule has 0 aromatic heterocycles. The Labute approximate surface area is 101 Å². The minimum atomic E-state index is -0.439. The number of carbonyl (C=O) groups is 1. The van der Waals surface area contributed by atoms with Crippen LogP contribution in [0.2, 0.25) is 0 Å². The molecule has 2 nitrogen and oxygen atoms in total. The second-order valence-electron chi connectivity index (χ2n) is 3.45. The highest BCUT2D eigenvalue weighted by molar-refractivity contribution is 6.67. The van der Waals surface area contributed by atoms with Crippen molar-refractivity contribution in [3.8, 4) is 0 Å². The third-order valence-electron chi connectivity index (χ3n) is 1.34. The van der Waals surface area contributed by atoms with Gasteiger partial charge in [-0.1, -0.05) is 12.1 Å². The zero-order chi connectivity index (χ0) is 11.8. The van der Waals surface area contributed by atoms with Gasteiger partial charge in [-0.2, -0.15) is 0 Å². The van der Waals surface area contributed by atoms with Crippen molar-refractivity contribution in [1.29, 1.82) is 0 Å². The fourth-order valence-electron chi connectivity index (χ4n) is 0.725. The van der Waals surface area contributed by atoms with Crippen LogP contribution in [0, 0.1) is 0 Å². The van der Waals surface area contributed by atoms with Gasteiger partial charge >= 0.3 is 0 Å². The number of halogens is 2. The molecule has 0 aliphatic rings. The van der Waals surface area contributed by atoms with Crippen LogP contribution in [0.1, 0.15) is 15.9 Å². The van der Waals surface area contributed by atoms with E-state index in [1.54, 1.807) is 24.3 Å². The van der Waals surface area contributed by atoms with Crippen molar-refractivity contribution < 1.29 is 4.79 Å². The molecular weight excluding hydrogens is 233 g/mol. The van der Waals surface area contributed by atoms with E-state index in [0.717, 1.165) is 5.56 Å². The van der Waals surface area contributed by atoms with Crippen LogP contribution in [-0.2, 0) is 5.88 Å². The van der Waals surface area contributed by atoms with Crippen molar-refractivity contribution in [3.05, 3.63) is 35.4 Å². The van der Waals surface area contributed by atoms with E-state index in [0.29, 0.717) is 11.4 Å². The summed E-state index contributed by atoms with van der Waals surface area (Å²) in [6, 6.07) is 6.88. The van der Waals surface area contributed by atoms with Crippen LogP contribution in [-0.4, -0.2) is 31.3 Å². The summed E-state index contributed by atoms with van der Waals surface area (Å²) < 4.78 is 0. The molecule has 0 heterocycles. The van der Waals surface area contributed by atoms with Crippen LogP contribution in [0.25, 0.3) is 0 Å². The molecule has 1 aromatic carbocycles. The first-order valence-electron chi connectivity index (χ1n) is 4.43. The minimum Gasteiger partial charge on any atom is -0.312 e. The third-order valence-corrected chi connectivity index (χ3v) is 1.86. The first-order valence-corrected chi connectivity index (χ1v) is 5.34. The summed E-state index contributed by atoms with van der Waals surface area (Å²) >= 11 is 10.8. The maximum atomic E-state index is 10.6. The van der Waals surface area contributed by atoms with Gasteiger partial charge in [0.1, 0.15) is 0 Å². The average molecular weight is 248 g/mol.